The van der Waals surface area contributed by atoms with E-state index >= 15 is 0 Å². The Kier molecular flexibility index (Phi) is 7.28. The first-order valence-electron chi connectivity index (χ1n) is 8.75. The first kappa shape index (κ1) is 21.3. The molecule has 6 heteroatoms. The van der Waals surface area contributed by atoms with Gasteiger partial charge in [0.25, 0.3) is 5.91 Å². The van der Waals surface area contributed by atoms with Crippen molar-refractivity contribution in [1.82, 2.24) is 0 Å². The highest BCUT2D eigenvalue weighted by Gasteiger charge is 2.18. The zero-order chi connectivity index (χ0) is 20.1. The summed E-state index contributed by atoms with van der Waals surface area (Å²) in [4.78, 5) is 24.5. The van der Waals surface area contributed by atoms with Gasteiger partial charge >= 0.3 is 5.97 Å². The van der Waals surface area contributed by atoms with Crippen molar-refractivity contribution in [1.29, 1.82) is 0 Å². The van der Waals surface area contributed by atoms with Crippen molar-refractivity contribution in [3.05, 3.63) is 63.1 Å². The molecule has 0 aliphatic rings. The Morgan fingerprint density at radius 3 is 2.11 bits per heavy atom. The number of para-hydroxylation sites is 1. The maximum atomic E-state index is 12.4. The molecule has 0 bridgehead atoms. The van der Waals surface area contributed by atoms with Crippen LogP contribution in [0.2, 0.25) is 10.0 Å². The van der Waals surface area contributed by atoms with Crippen LogP contribution in [0, 0.1) is 0 Å². The molecule has 2 aromatic carbocycles. The Bertz CT molecular complexity index is 821. The fourth-order valence-corrected chi connectivity index (χ4v) is 3.22. The second kappa shape index (κ2) is 9.25. The average molecular weight is 408 g/mol. The largest absolute Gasteiger partial charge is 0.452 e. The highest BCUT2D eigenvalue weighted by Crippen LogP contribution is 2.32. The van der Waals surface area contributed by atoms with Crippen LogP contribution < -0.4 is 5.32 Å². The van der Waals surface area contributed by atoms with E-state index in [-0.39, 0.29) is 22.4 Å². The van der Waals surface area contributed by atoms with Gasteiger partial charge in [0, 0.05) is 10.7 Å². The summed E-state index contributed by atoms with van der Waals surface area (Å²) >= 11 is 11.8. The number of halogens is 2. The van der Waals surface area contributed by atoms with E-state index in [9.17, 15) is 9.59 Å². The lowest BCUT2D eigenvalue weighted by molar-refractivity contribution is -0.119. The number of nitrogens with one attached hydrogen (secondary N) is 1. The number of amides is 1. The van der Waals surface area contributed by atoms with Crippen LogP contribution in [0.15, 0.2) is 36.4 Å². The van der Waals surface area contributed by atoms with E-state index in [2.05, 4.69) is 33.0 Å². The molecular weight excluding hydrogens is 385 g/mol. The van der Waals surface area contributed by atoms with E-state index in [1.807, 2.05) is 18.2 Å². The Morgan fingerprint density at radius 1 is 1.00 bits per heavy atom. The molecule has 0 saturated heterocycles. The number of carbonyl (C=O) groups is 2. The van der Waals surface area contributed by atoms with Gasteiger partial charge in [0.15, 0.2) is 6.61 Å². The number of esters is 1. The summed E-state index contributed by atoms with van der Waals surface area (Å²) in [5.74, 6) is -0.583. The second-order valence-electron chi connectivity index (χ2n) is 6.87. The molecule has 2 aromatic rings. The SMILES string of the molecule is CC(C)c1cccc(C(C)C)c1NC(=O)COC(=O)c1ccc(Cl)cc1Cl. The molecule has 27 heavy (non-hydrogen) atoms. The molecule has 1 amide bonds. The van der Waals surface area contributed by atoms with E-state index in [0.717, 1.165) is 16.8 Å². The van der Waals surface area contributed by atoms with Gasteiger partial charge in [-0.1, -0.05) is 69.1 Å². The lowest BCUT2D eigenvalue weighted by atomic mass is 9.92. The van der Waals surface area contributed by atoms with Crippen molar-refractivity contribution in [2.45, 2.75) is 39.5 Å². The van der Waals surface area contributed by atoms with Gasteiger partial charge in [-0.25, -0.2) is 4.79 Å². The Morgan fingerprint density at radius 2 is 1.59 bits per heavy atom. The first-order valence-corrected chi connectivity index (χ1v) is 9.51. The zero-order valence-corrected chi connectivity index (χ0v) is 17.3. The predicted octanol–water partition coefficient (Wildman–Crippen LogP) is 6.04. The van der Waals surface area contributed by atoms with Crippen LogP contribution in [0.3, 0.4) is 0 Å². The average Bonchev–Trinajstić information content (AvgIpc) is 2.59. The summed E-state index contributed by atoms with van der Waals surface area (Å²) in [6.07, 6.45) is 0. The molecule has 0 aliphatic carbocycles. The molecular formula is C21H23Cl2NO3. The van der Waals surface area contributed by atoms with Crippen molar-refractivity contribution in [3.63, 3.8) is 0 Å². The molecule has 0 unspecified atom stereocenters. The highest BCUT2D eigenvalue weighted by molar-refractivity contribution is 6.36. The van der Waals surface area contributed by atoms with Crippen molar-refractivity contribution >= 4 is 40.8 Å². The minimum atomic E-state index is -0.673. The molecule has 0 atom stereocenters. The first-order chi connectivity index (χ1) is 12.7. The smallest absolute Gasteiger partial charge is 0.340 e. The number of benzene rings is 2. The van der Waals surface area contributed by atoms with Crippen LogP contribution in [0.25, 0.3) is 0 Å². The molecule has 0 saturated carbocycles. The number of anilines is 1. The van der Waals surface area contributed by atoms with Crippen molar-refractivity contribution in [2.75, 3.05) is 11.9 Å². The van der Waals surface area contributed by atoms with Crippen LogP contribution in [0.5, 0.6) is 0 Å². The van der Waals surface area contributed by atoms with Crippen LogP contribution in [-0.2, 0) is 9.53 Å². The van der Waals surface area contributed by atoms with Gasteiger partial charge in [-0.05, 0) is 41.2 Å². The quantitative estimate of drug-likeness (QED) is 0.594. The Labute approximate surface area is 169 Å². The van der Waals surface area contributed by atoms with E-state index in [0.29, 0.717) is 5.02 Å². The molecule has 4 nitrogen and oxygen atoms in total. The van der Waals surface area contributed by atoms with Gasteiger partial charge in [-0.3, -0.25) is 4.79 Å². The number of rotatable bonds is 6. The topological polar surface area (TPSA) is 55.4 Å². The zero-order valence-electron chi connectivity index (χ0n) is 15.8. The molecule has 0 fully saturated rings. The third-order valence-corrected chi connectivity index (χ3v) is 4.67. The van der Waals surface area contributed by atoms with Gasteiger partial charge in [0.05, 0.1) is 10.6 Å². The van der Waals surface area contributed by atoms with Crippen molar-refractivity contribution in [3.8, 4) is 0 Å². The van der Waals surface area contributed by atoms with Crippen molar-refractivity contribution in [2.24, 2.45) is 0 Å². The van der Waals surface area contributed by atoms with Crippen LogP contribution in [0.4, 0.5) is 5.69 Å². The lowest BCUT2D eigenvalue weighted by Gasteiger charge is -2.20. The molecule has 1 N–H and O–H groups in total. The van der Waals surface area contributed by atoms with Gasteiger partial charge in [-0.2, -0.15) is 0 Å². The number of hydrogen-bond acceptors (Lipinski definition) is 3. The van der Waals surface area contributed by atoms with Gasteiger partial charge < -0.3 is 10.1 Å². The maximum absolute atomic E-state index is 12.4. The Hall–Kier alpha value is -2.04. The van der Waals surface area contributed by atoms with Gasteiger partial charge in [0.1, 0.15) is 0 Å². The maximum Gasteiger partial charge on any atom is 0.340 e. The minimum Gasteiger partial charge on any atom is -0.452 e. The summed E-state index contributed by atoms with van der Waals surface area (Å²) in [7, 11) is 0. The fraction of sp³-hybridized carbons (Fsp3) is 0.333. The molecule has 144 valence electrons. The molecule has 0 aromatic heterocycles. The van der Waals surface area contributed by atoms with Crippen LogP contribution in [0.1, 0.15) is 61.0 Å². The predicted molar refractivity (Wildman–Crippen MR) is 110 cm³/mol. The minimum absolute atomic E-state index is 0.166. The molecule has 0 radical (unpaired) electrons. The monoisotopic (exact) mass is 407 g/mol. The molecule has 0 spiro atoms. The molecule has 2 rings (SSSR count). The molecule has 0 aliphatic heterocycles. The van der Waals surface area contributed by atoms with Crippen LogP contribution in [-0.4, -0.2) is 18.5 Å². The highest BCUT2D eigenvalue weighted by atomic mass is 35.5. The summed E-state index contributed by atoms with van der Waals surface area (Å²) < 4.78 is 5.10. The summed E-state index contributed by atoms with van der Waals surface area (Å²) in [6.45, 7) is 7.87. The van der Waals surface area contributed by atoms with E-state index in [4.69, 9.17) is 27.9 Å². The summed E-state index contributed by atoms with van der Waals surface area (Å²) in [6, 6.07) is 10.4. The number of ether oxygens (including phenoxy) is 1. The standard InChI is InChI=1S/C21H23Cl2NO3/c1-12(2)15-6-5-7-16(13(3)4)20(15)24-19(25)11-27-21(26)17-9-8-14(22)10-18(17)23/h5-10,12-13H,11H2,1-4H3,(H,24,25). The summed E-state index contributed by atoms with van der Waals surface area (Å²) in [5, 5.41) is 3.50. The van der Waals surface area contributed by atoms with Crippen LogP contribution >= 0.6 is 23.2 Å². The van der Waals surface area contributed by atoms with Gasteiger partial charge in [-0.15, -0.1) is 0 Å². The van der Waals surface area contributed by atoms with Crippen molar-refractivity contribution < 1.29 is 14.3 Å². The number of hydrogen-bond donors (Lipinski definition) is 1. The van der Waals surface area contributed by atoms with E-state index in [1.165, 1.54) is 18.2 Å². The number of carbonyl (C=O) groups excluding carboxylic acids is 2. The Balaban J connectivity index is 2.11. The summed E-state index contributed by atoms with van der Waals surface area (Å²) in [5.41, 5.74) is 3.04. The second-order valence-corrected chi connectivity index (χ2v) is 7.71. The van der Waals surface area contributed by atoms with Gasteiger partial charge in [0.2, 0.25) is 0 Å². The normalized spacial score (nSPS) is 11.0. The fourth-order valence-electron chi connectivity index (χ4n) is 2.73. The van der Waals surface area contributed by atoms with E-state index in [1.54, 1.807) is 0 Å². The van der Waals surface area contributed by atoms with E-state index < -0.39 is 18.5 Å². The third kappa shape index (κ3) is 5.47. The third-order valence-electron chi connectivity index (χ3n) is 4.12. The molecule has 0 heterocycles. The lowest BCUT2D eigenvalue weighted by Crippen LogP contribution is -2.22.